The van der Waals surface area contributed by atoms with Crippen LogP contribution in [0, 0.1) is 0 Å². The highest BCUT2D eigenvalue weighted by molar-refractivity contribution is 7.46. The number of hydrogen-bond donors (Lipinski definition) is 4. The number of aromatic amines is 1. The molecule has 43 heavy (non-hydrogen) atoms. The largest absolute Gasteiger partial charge is 0.524 e. The molecule has 3 aliphatic rings. The highest BCUT2D eigenvalue weighted by Gasteiger charge is 2.31. The van der Waals surface area contributed by atoms with Crippen molar-refractivity contribution in [2.45, 2.75) is 57.0 Å². The van der Waals surface area contributed by atoms with E-state index in [0.717, 1.165) is 74.7 Å². The molecule has 0 saturated carbocycles. The zero-order valence-corrected chi connectivity index (χ0v) is 25.1. The number of benzene rings is 1. The molecule has 1 aromatic carbocycles. The molecular formula is C30H37N8O4P. The Morgan fingerprint density at radius 2 is 1.74 bits per heavy atom. The first-order chi connectivity index (χ1) is 20.8. The third-order valence-corrected chi connectivity index (χ3v) is 9.72. The number of phosphoric acid groups is 1. The molecule has 0 radical (unpaired) electrons. The van der Waals surface area contributed by atoms with E-state index >= 15 is 0 Å². The van der Waals surface area contributed by atoms with Crippen LogP contribution in [0.2, 0.25) is 0 Å². The van der Waals surface area contributed by atoms with Crippen molar-refractivity contribution in [1.29, 1.82) is 0 Å². The van der Waals surface area contributed by atoms with Gasteiger partial charge in [0.25, 0.3) is 0 Å². The fraction of sp³-hybridized carbons (Fsp3) is 0.467. The second-order valence-corrected chi connectivity index (χ2v) is 13.0. The van der Waals surface area contributed by atoms with Crippen molar-refractivity contribution in [3.63, 3.8) is 0 Å². The molecule has 226 valence electrons. The van der Waals surface area contributed by atoms with Gasteiger partial charge in [0.15, 0.2) is 5.65 Å². The van der Waals surface area contributed by atoms with Crippen molar-refractivity contribution in [2.75, 3.05) is 37.6 Å². The second-order valence-electron chi connectivity index (χ2n) is 11.8. The van der Waals surface area contributed by atoms with E-state index in [9.17, 15) is 14.4 Å². The Bertz CT molecular complexity index is 1640. The molecule has 0 aliphatic carbocycles. The summed E-state index contributed by atoms with van der Waals surface area (Å²) in [6.07, 6.45) is 9.62. The van der Waals surface area contributed by atoms with Crippen molar-refractivity contribution in [3.05, 3.63) is 59.5 Å². The molecule has 4 N–H and O–H groups in total. The molecule has 2 saturated heterocycles. The number of aromatic nitrogens is 5. The Hall–Kier alpha value is -3.41. The van der Waals surface area contributed by atoms with Gasteiger partial charge in [0.05, 0.1) is 11.7 Å². The van der Waals surface area contributed by atoms with Crippen LogP contribution in [0.1, 0.15) is 61.4 Å². The third kappa shape index (κ3) is 5.77. The number of phosphoric ester groups is 1. The van der Waals surface area contributed by atoms with Crippen LogP contribution in [-0.4, -0.2) is 78.6 Å². The van der Waals surface area contributed by atoms with Crippen LogP contribution < -0.4 is 14.7 Å². The van der Waals surface area contributed by atoms with Gasteiger partial charge in [0.1, 0.15) is 5.75 Å². The van der Waals surface area contributed by atoms with Gasteiger partial charge in [-0.1, -0.05) is 12.1 Å². The number of nitrogens with one attached hydrogen (secondary N) is 2. The number of likely N-dealkylation sites (tertiary alicyclic amines) is 1. The van der Waals surface area contributed by atoms with Crippen LogP contribution in [0.15, 0.2) is 42.7 Å². The molecule has 6 heterocycles. The molecule has 3 aromatic heterocycles. The fourth-order valence-electron chi connectivity index (χ4n) is 7.07. The number of fused-ring (bicyclic) bond motifs is 3. The number of nitrogens with zero attached hydrogens (tertiary/aromatic N) is 6. The molecule has 0 amide bonds. The summed E-state index contributed by atoms with van der Waals surface area (Å²) in [5, 5.41) is 13.1. The van der Waals surface area contributed by atoms with Crippen LogP contribution >= 0.6 is 7.82 Å². The lowest BCUT2D eigenvalue weighted by Gasteiger charge is -2.39. The predicted octanol–water partition coefficient (Wildman–Crippen LogP) is 3.94. The Balaban J connectivity index is 1.10. The molecule has 7 rings (SSSR count). The Morgan fingerprint density at radius 1 is 1.00 bits per heavy atom. The highest BCUT2D eigenvalue weighted by Crippen LogP contribution is 2.43. The number of anilines is 1. The topological polar surface area (TPSA) is 153 Å². The lowest BCUT2D eigenvalue weighted by atomic mass is 9.89. The molecular weight excluding hydrogens is 567 g/mol. The monoisotopic (exact) mass is 604 g/mol. The van der Waals surface area contributed by atoms with E-state index in [-0.39, 0.29) is 11.8 Å². The van der Waals surface area contributed by atoms with Gasteiger partial charge in [-0.3, -0.25) is 9.79 Å². The summed E-state index contributed by atoms with van der Waals surface area (Å²) >= 11 is 0. The van der Waals surface area contributed by atoms with Gasteiger partial charge in [-0.2, -0.15) is 0 Å². The Kier molecular flexibility index (Phi) is 7.65. The SMILES string of the molecule is C[C@@H]1c2c([nH]c3nnc(-c4ccccc4OP(=O)(O)O)cc23)CCN1c1ncc(C2CCN(C3CCNCC3)CC2)cn1. The first-order valence-electron chi connectivity index (χ1n) is 15.1. The van der Waals surface area contributed by atoms with Crippen molar-refractivity contribution in [3.8, 4) is 17.0 Å². The van der Waals surface area contributed by atoms with Gasteiger partial charge in [0, 0.05) is 53.6 Å². The van der Waals surface area contributed by atoms with Gasteiger partial charge >= 0.3 is 7.82 Å². The average Bonchev–Trinajstić information content (AvgIpc) is 3.40. The van der Waals surface area contributed by atoms with Gasteiger partial charge in [0.2, 0.25) is 5.95 Å². The molecule has 3 aliphatic heterocycles. The number of rotatable bonds is 6. The summed E-state index contributed by atoms with van der Waals surface area (Å²) < 4.78 is 16.5. The molecule has 12 nitrogen and oxygen atoms in total. The number of para-hydroxylation sites is 1. The second kappa shape index (κ2) is 11.6. The van der Waals surface area contributed by atoms with E-state index < -0.39 is 7.82 Å². The van der Waals surface area contributed by atoms with Crippen molar-refractivity contribution < 1.29 is 18.9 Å². The summed E-state index contributed by atoms with van der Waals surface area (Å²) in [5.41, 5.74) is 5.02. The van der Waals surface area contributed by atoms with Crippen molar-refractivity contribution in [2.24, 2.45) is 0 Å². The predicted molar refractivity (Wildman–Crippen MR) is 163 cm³/mol. The van der Waals surface area contributed by atoms with E-state index in [4.69, 9.17) is 14.5 Å². The zero-order valence-electron chi connectivity index (χ0n) is 24.2. The lowest BCUT2D eigenvalue weighted by molar-refractivity contribution is 0.127. The first-order valence-corrected chi connectivity index (χ1v) is 16.6. The van der Waals surface area contributed by atoms with Crippen LogP contribution in [0.5, 0.6) is 5.75 Å². The first kappa shape index (κ1) is 28.4. The normalized spacial score (nSPS) is 20.8. The highest BCUT2D eigenvalue weighted by atomic mass is 31.2. The average molecular weight is 605 g/mol. The maximum Gasteiger partial charge on any atom is 0.524 e. The number of hydrogen-bond acceptors (Lipinski definition) is 9. The summed E-state index contributed by atoms with van der Waals surface area (Å²) in [5.74, 6) is 1.26. The summed E-state index contributed by atoms with van der Waals surface area (Å²) in [6, 6.07) is 9.25. The minimum absolute atomic E-state index is 0.0183. The summed E-state index contributed by atoms with van der Waals surface area (Å²) in [6.45, 7) is 7.46. The maximum absolute atomic E-state index is 11.6. The molecule has 2 fully saturated rings. The van der Waals surface area contributed by atoms with Gasteiger partial charge < -0.3 is 24.6 Å². The standard InChI is InChI=1S/C30H37N8O4P/c1-19-28-24-16-26(23-4-2-3-5-27(23)42-43(39,40)41)35-36-29(24)34-25(28)10-15-38(19)30-32-17-21(18-33-30)20-8-13-37(14-9-20)22-6-11-31-12-7-22/h2-5,16-20,22,31H,6-15H2,1H3,(H,34,36)(H2,39,40,41)/t19-/m1/s1. The maximum atomic E-state index is 11.6. The Labute approximate surface area is 250 Å². The van der Waals surface area contributed by atoms with E-state index in [1.807, 2.05) is 18.5 Å². The quantitative estimate of drug-likeness (QED) is 0.237. The minimum Gasteiger partial charge on any atom is -0.404 e. The van der Waals surface area contributed by atoms with Gasteiger partial charge in [-0.25, -0.2) is 14.5 Å². The molecule has 13 heteroatoms. The molecule has 0 spiro atoms. The molecule has 4 aromatic rings. The van der Waals surface area contributed by atoms with Crippen molar-refractivity contribution >= 4 is 24.8 Å². The zero-order chi connectivity index (χ0) is 29.6. The van der Waals surface area contributed by atoms with Gasteiger partial charge in [-0.05, 0) is 88.5 Å². The minimum atomic E-state index is -4.74. The van der Waals surface area contributed by atoms with Crippen molar-refractivity contribution in [1.82, 2.24) is 35.4 Å². The van der Waals surface area contributed by atoms with E-state index in [0.29, 0.717) is 28.8 Å². The fourth-order valence-corrected chi connectivity index (χ4v) is 7.48. The van der Waals surface area contributed by atoms with E-state index in [2.05, 4.69) is 37.2 Å². The van der Waals surface area contributed by atoms with Crippen LogP contribution in [-0.2, 0) is 11.0 Å². The smallest absolute Gasteiger partial charge is 0.404 e. The van der Waals surface area contributed by atoms with E-state index in [1.54, 1.807) is 18.2 Å². The Morgan fingerprint density at radius 3 is 2.49 bits per heavy atom. The van der Waals surface area contributed by atoms with Crippen LogP contribution in [0.4, 0.5) is 5.95 Å². The molecule has 0 unspecified atom stereocenters. The summed E-state index contributed by atoms with van der Waals surface area (Å²) in [7, 11) is -4.74. The third-order valence-electron chi connectivity index (χ3n) is 9.29. The van der Waals surface area contributed by atoms with Crippen LogP contribution in [0.25, 0.3) is 22.3 Å². The van der Waals surface area contributed by atoms with Crippen LogP contribution in [0.3, 0.4) is 0 Å². The molecule has 1 atom stereocenters. The van der Waals surface area contributed by atoms with Gasteiger partial charge in [-0.15, -0.1) is 10.2 Å². The summed E-state index contributed by atoms with van der Waals surface area (Å²) in [4.78, 5) is 36.8. The van der Waals surface area contributed by atoms with E-state index in [1.165, 1.54) is 24.5 Å². The number of H-pyrrole nitrogens is 1. The molecule has 0 bridgehead atoms. The lowest BCUT2D eigenvalue weighted by Crippen LogP contribution is -2.46. The number of piperidine rings is 2.